The van der Waals surface area contributed by atoms with E-state index in [4.69, 9.17) is 0 Å². The van der Waals surface area contributed by atoms with Crippen LogP contribution in [0.4, 0.5) is 11.4 Å². The summed E-state index contributed by atoms with van der Waals surface area (Å²) in [6.07, 6.45) is 2.35. The van der Waals surface area contributed by atoms with E-state index in [-0.39, 0.29) is 5.91 Å². The summed E-state index contributed by atoms with van der Waals surface area (Å²) < 4.78 is 0. The van der Waals surface area contributed by atoms with Crippen LogP contribution in [0.15, 0.2) is 58.4 Å². The fourth-order valence-electron chi connectivity index (χ4n) is 2.55. The average Bonchev–Trinajstić information content (AvgIpc) is 2.93. The molecule has 27 heavy (non-hydrogen) atoms. The highest BCUT2D eigenvalue weighted by molar-refractivity contribution is 8.18. The first-order valence-electron chi connectivity index (χ1n) is 8.32. The monoisotopic (exact) mass is 383 g/mol. The maximum Gasteiger partial charge on any atom is 0.311 e. The summed E-state index contributed by atoms with van der Waals surface area (Å²) in [5, 5.41) is 21.1. The first-order chi connectivity index (χ1) is 13.0. The highest BCUT2D eigenvalue weighted by Crippen LogP contribution is 2.35. The highest BCUT2D eigenvalue weighted by atomic mass is 32.2. The molecule has 0 spiro atoms. The van der Waals surface area contributed by atoms with Crippen LogP contribution in [-0.2, 0) is 4.79 Å². The summed E-state index contributed by atoms with van der Waals surface area (Å²) in [5.41, 5.74) is 0.812. The summed E-state index contributed by atoms with van der Waals surface area (Å²) >= 11 is 1.23. The second-order valence-electron chi connectivity index (χ2n) is 5.80. The van der Waals surface area contributed by atoms with Gasteiger partial charge in [-0.15, -0.1) is 0 Å². The molecule has 0 atom stereocenters. The van der Waals surface area contributed by atoms with Gasteiger partial charge in [-0.2, -0.15) is 0 Å². The smallest absolute Gasteiger partial charge is 0.311 e. The number of thioether (sulfide) groups is 1. The first kappa shape index (κ1) is 18.7. The van der Waals surface area contributed by atoms with Crippen LogP contribution in [0.2, 0.25) is 0 Å². The summed E-state index contributed by atoms with van der Waals surface area (Å²) in [6, 6.07) is 13.4. The minimum absolute atomic E-state index is 0.188. The number of nitrogens with zero attached hydrogens (tertiary/aromatic N) is 3. The van der Waals surface area contributed by atoms with Crippen LogP contribution in [-0.4, -0.2) is 32.5 Å². The van der Waals surface area contributed by atoms with Crippen LogP contribution in [0.3, 0.4) is 0 Å². The number of phenols is 1. The zero-order chi connectivity index (χ0) is 19.4. The summed E-state index contributed by atoms with van der Waals surface area (Å²) in [5.74, 6) is -0.598. The zero-order valence-corrected chi connectivity index (χ0v) is 15.3. The zero-order valence-electron chi connectivity index (χ0n) is 14.5. The van der Waals surface area contributed by atoms with Crippen molar-refractivity contribution in [3.63, 3.8) is 0 Å². The number of nitro benzene ring substituents is 1. The van der Waals surface area contributed by atoms with Crippen molar-refractivity contribution in [3.05, 3.63) is 69.1 Å². The van der Waals surface area contributed by atoms with Crippen LogP contribution >= 0.6 is 11.8 Å². The van der Waals surface area contributed by atoms with Gasteiger partial charge in [-0.05, 0) is 48.0 Å². The lowest BCUT2D eigenvalue weighted by molar-refractivity contribution is -0.385. The lowest BCUT2D eigenvalue weighted by atomic mass is 10.1. The van der Waals surface area contributed by atoms with Crippen molar-refractivity contribution in [1.29, 1.82) is 0 Å². The second kappa shape index (κ2) is 8.05. The third-order valence-electron chi connectivity index (χ3n) is 3.81. The molecule has 1 saturated heterocycles. The number of hydrogen-bond acceptors (Lipinski definition) is 6. The van der Waals surface area contributed by atoms with Crippen molar-refractivity contribution < 1.29 is 14.8 Å². The Kier molecular flexibility index (Phi) is 5.56. The van der Waals surface area contributed by atoms with Crippen molar-refractivity contribution >= 4 is 40.3 Å². The summed E-state index contributed by atoms with van der Waals surface area (Å²) in [7, 11) is 0. The molecule has 1 N–H and O–H groups in total. The maximum atomic E-state index is 12.8. The van der Waals surface area contributed by atoms with Gasteiger partial charge in [0.15, 0.2) is 10.9 Å². The van der Waals surface area contributed by atoms with Gasteiger partial charge in [-0.1, -0.05) is 31.2 Å². The number of nitro groups is 1. The van der Waals surface area contributed by atoms with E-state index in [0.717, 1.165) is 12.1 Å². The van der Waals surface area contributed by atoms with Crippen LogP contribution in [0.5, 0.6) is 5.75 Å². The number of aliphatic imine (C=N–C) groups is 1. The molecular weight excluding hydrogens is 366 g/mol. The Hall–Kier alpha value is -3.13. The first-order valence-corrected chi connectivity index (χ1v) is 9.14. The van der Waals surface area contributed by atoms with Gasteiger partial charge in [-0.3, -0.25) is 19.8 Å². The predicted octanol–water partition coefficient (Wildman–Crippen LogP) is 4.31. The minimum atomic E-state index is -0.660. The number of benzene rings is 2. The number of aromatic hydroxyl groups is 1. The van der Waals surface area contributed by atoms with Crippen LogP contribution in [0, 0.1) is 10.1 Å². The molecule has 138 valence electrons. The number of amidine groups is 1. The van der Waals surface area contributed by atoms with E-state index < -0.39 is 16.4 Å². The van der Waals surface area contributed by atoms with Gasteiger partial charge in [0.05, 0.1) is 15.5 Å². The molecule has 3 rings (SSSR count). The summed E-state index contributed by atoms with van der Waals surface area (Å²) in [4.78, 5) is 29.7. The van der Waals surface area contributed by atoms with Gasteiger partial charge >= 0.3 is 5.69 Å². The number of carbonyl (C=O) groups excluding carboxylic acids is 1. The Morgan fingerprint density at radius 2 is 2.00 bits per heavy atom. The number of amides is 1. The molecule has 1 amide bonds. The number of carbonyl (C=O) groups is 1. The number of rotatable bonds is 5. The molecule has 0 aromatic heterocycles. The van der Waals surface area contributed by atoms with E-state index in [9.17, 15) is 20.0 Å². The SMILES string of the molecule is CCCN1C(=O)/C(=C\c2ccc(O)c([N+](=O)[O-])c2)SC1=Nc1ccccc1. The Morgan fingerprint density at radius 3 is 2.67 bits per heavy atom. The predicted molar refractivity (Wildman–Crippen MR) is 106 cm³/mol. The van der Waals surface area contributed by atoms with Crippen LogP contribution < -0.4 is 0 Å². The third-order valence-corrected chi connectivity index (χ3v) is 4.82. The topological polar surface area (TPSA) is 96.0 Å². The van der Waals surface area contributed by atoms with E-state index in [1.807, 2.05) is 37.3 Å². The molecule has 0 radical (unpaired) electrons. The van der Waals surface area contributed by atoms with E-state index in [2.05, 4.69) is 4.99 Å². The molecule has 1 heterocycles. The second-order valence-corrected chi connectivity index (χ2v) is 6.81. The number of phenolic OH excluding ortho intramolecular Hbond substituents is 1. The van der Waals surface area contributed by atoms with Crippen molar-refractivity contribution in [2.75, 3.05) is 6.54 Å². The fourth-order valence-corrected chi connectivity index (χ4v) is 3.58. The third kappa shape index (κ3) is 4.17. The minimum Gasteiger partial charge on any atom is -0.502 e. The molecule has 0 unspecified atom stereocenters. The largest absolute Gasteiger partial charge is 0.502 e. The molecular formula is C19H17N3O4S. The molecule has 2 aromatic rings. The Balaban J connectivity index is 1.96. The molecule has 1 fully saturated rings. The normalized spacial score (nSPS) is 17.1. The molecule has 2 aromatic carbocycles. The molecule has 7 nitrogen and oxygen atoms in total. The van der Waals surface area contributed by atoms with Crippen molar-refractivity contribution in [3.8, 4) is 5.75 Å². The highest BCUT2D eigenvalue weighted by Gasteiger charge is 2.32. The van der Waals surface area contributed by atoms with Crippen molar-refractivity contribution in [1.82, 2.24) is 4.90 Å². The molecule has 8 heteroatoms. The van der Waals surface area contributed by atoms with Crippen LogP contribution in [0.25, 0.3) is 6.08 Å². The van der Waals surface area contributed by atoms with E-state index in [0.29, 0.717) is 22.2 Å². The van der Waals surface area contributed by atoms with Crippen molar-refractivity contribution in [2.24, 2.45) is 4.99 Å². The molecule has 0 saturated carbocycles. The van der Waals surface area contributed by atoms with E-state index in [1.165, 1.54) is 30.0 Å². The fraction of sp³-hybridized carbons (Fsp3) is 0.158. The van der Waals surface area contributed by atoms with Gasteiger partial charge < -0.3 is 5.11 Å². The Labute approximate surface area is 160 Å². The lowest BCUT2D eigenvalue weighted by Crippen LogP contribution is -2.29. The van der Waals surface area contributed by atoms with Gasteiger partial charge in [0.2, 0.25) is 0 Å². The number of hydrogen-bond donors (Lipinski definition) is 1. The Bertz CT molecular complexity index is 941. The van der Waals surface area contributed by atoms with E-state index >= 15 is 0 Å². The van der Waals surface area contributed by atoms with E-state index in [1.54, 1.807) is 11.0 Å². The molecule has 0 bridgehead atoms. The van der Waals surface area contributed by atoms with Crippen molar-refractivity contribution in [2.45, 2.75) is 13.3 Å². The average molecular weight is 383 g/mol. The quantitative estimate of drug-likeness (QED) is 0.471. The van der Waals surface area contributed by atoms with Gasteiger partial charge in [0, 0.05) is 12.6 Å². The summed E-state index contributed by atoms with van der Waals surface area (Å²) in [6.45, 7) is 2.51. The van der Waals surface area contributed by atoms with Gasteiger partial charge in [-0.25, -0.2) is 4.99 Å². The molecule has 1 aliphatic heterocycles. The number of para-hydroxylation sites is 1. The van der Waals surface area contributed by atoms with Crippen LogP contribution in [0.1, 0.15) is 18.9 Å². The lowest BCUT2D eigenvalue weighted by Gasteiger charge is -2.13. The maximum absolute atomic E-state index is 12.8. The molecule has 1 aliphatic rings. The van der Waals surface area contributed by atoms with Gasteiger partial charge in [0.25, 0.3) is 5.91 Å². The van der Waals surface area contributed by atoms with Gasteiger partial charge in [0.1, 0.15) is 0 Å². The Morgan fingerprint density at radius 1 is 1.26 bits per heavy atom. The molecule has 0 aliphatic carbocycles. The standard InChI is InChI=1S/C19H17N3O4S/c1-2-10-21-18(24)17(27-19(21)20-14-6-4-3-5-7-14)12-13-8-9-16(23)15(11-13)22(25)26/h3-9,11-12,23H,2,10H2,1H3/b17-12+,20-19?.